The van der Waals surface area contributed by atoms with Gasteiger partial charge in [-0.15, -0.1) is 0 Å². The number of rotatable bonds is 3. The molecule has 0 spiro atoms. The molecule has 2 N–H and O–H groups in total. The maximum absolute atomic E-state index is 13.5. The van der Waals surface area contributed by atoms with E-state index in [0.29, 0.717) is 12.2 Å². The molecule has 2 rings (SSSR count). The SMILES string of the molecule is NC1CCCC(OCc2cc(Br)ccc2F)C1. The number of hydrogen-bond acceptors (Lipinski definition) is 2. The highest BCUT2D eigenvalue weighted by Crippen LogP contribution is 2.22. The van der Waals surface area contributed by atoms with Gasteiger partial charge in [-0.25, -0.2) is 4.39 Å². The van der Waals surface area contributed by atoms with Gasteiger partial charge in [0.05, 0.1) is 12.7 Å². The van der Waals surface area contributed by atoms with Crippen LogP contribution in [0, 0.1) is 5.82 Å². The summed E-state index contributed by atoms with van der Waals surface area (Å²) in [4.78, 5) is 0. The fourth-order valence-electron chi connectivity index (χ4n) is 2.19. The molecule has 0 saturated heterocycles. The van der Waals surface area contributed by atoms with Crippen molar-refractivity contribution in [3.63, 3.8) is 0 Å². The summed E-state index contributed by atoms with van der Waals surface area (Å²) >= 11 is 3.33. The number of ether oxygens (including phenoxy) is 1. The van der Waals surface area contributed by atoms with Crippen LogP contribution in [0.15, 0.2) is 22.7 Å². The Labute approximate surface area is 109 Å². The van der Waals surface area contributed by atoms with Crippen molar-refractivity contribution in [3.05, 3.63) is 34.1 Å². The van der Waals surface area contributed by atoms with Gasteiger partial charge in [-0.2, -0.15) is 0 Å². The van der Waals surface area contributed by atoms with Crippen LogP contribution < -0.4 is 5.73 Å². The molecule has 0 aliphatic heterocycles. The van der Waals surface area contributed by atoms with Crippen LogP contribution in [0.4, 0.5) is 4.39 Å². The molecule has 1 aromatic carbocycles. The third-order valence-corrected chi connectivity index (χ3v) is 3.64. The van der Waals surface area contributed by atoms with Gasteiger partial charge in [0.1, 0.15) is 5.82 Å². The molecule has 2 atom stereocenters. The number of benzene rings is 1. The van der Waals surface area contributed by atoms with Crippen molar-refractivity contribution in [1.82, 2.24) is 0 Å². The van der Waals surface area contributed by atoms with Gasteiger partial charge in [-0.3, -0.25) is 0 Å². The topological polar surface area (TPSA) is 35.2 Å². The monoisotopic (exact) mass is 301 g/mol. The van der Waals surface area contributed by atoms with E-state index in [9.17, 15) is 4.39 Å². The van der Waals surface area contributed by atoms with Crippen molar-refractivity contribution in [2.24, 2.45) is 5.73 Å². The molecule has 94 valence electrons. The Hall–Kier alpha value is -0.450. The molecule has 2 unspecified atom stereocenters. The molecule has 1 aliphatic rings. The summed E-state index contributed by atoms with van der Waals surface area (Å²) < 4.78 is 20.1. The largest absolute Gasteiger partial charge is 0.373 e. The standard InChI is InChI=1S/C13H17BrFNO/c14-10-4-5-13(15)9(6-10)8-17-12-3-1-2-11(16)7-12/h4-6,11-12H,1-3,7-8,16H2. The quantitative estimate of drug-likeness (QED) is 0.929. The van der Waals surface area contributed by atoms with Crippen molar-refractivity contribution < 1.29 is 9.13 Å². The second kappa shape index (κ2) is 5.94. The fourth-order valence-corrected chi connectivity index (χ4v) is 2.60. The van der Waals surface area contributed by atoms with E-state index in [1.54, 1.807) is 12.1 Å². The Balaban J connectivity index is 1.90. The van der Waals surface area contributed by atoms with Crippen molar-refractivity contribution in [2.75, 3.05) is 0 Å². The molecular weight excluding hydrogens is 285 g/mol. The van der Waals surface area contributed by atoms with E-state index in [1.807, 2.05) is 0 Å². The smallest absolute Gasteiger partial charge is 0.128 e. The average Bonchev–Trinajstić information content (AvgIpc) is 2.30. The first-order valence-electron chi connectivity index (χ1n) is 5.96. The van der Waals surface area contributed by atoms with E-state index in [-0.39, 0.29) is 18.0 Å². The summed E-state index contributed by atoms with van der Waals surface area (Å²) in [7, 11) is 0. The number of halogens is 2. The van der Waals surface area contributed by atoms with Crippen LogP contribution in [0.25, 0.3) is 0 Å². The highest BCUT2D eigenvalue weighted by Gasteiger charge is 2.19. The molecule has 4 heteroatoms. The minimum absolute atomic E-state index is 0.178. The van der Waals surface area contributed by atoms with E-state index in [4.69, 9.17) is 10.5 Å². The average molecular weight is 302 g/mol. The van der Waals surface area contributed by atoms with Gasteiger partial charge in [0.25, 0.3) is 0 Å². The summed E-state index contributed by atoms with van der Waals surface area (Å²) in [5, 5.41) is 0. The molecule has 1 saturated carbocycles. The zero-order chi connectivity index (χ0) is 12.3. The van der Waals surface area contributed by atoms with Gasteiger partial charge in [0.15, 0.2) is 0 Å². The van der Waals surface area contributed by atoms with Crippen molar-refractivity contribution >= 4 is 15.9 Å². The number of nitrogens with two attached hydrogens (primary N) is 1. The predicted molar refractivity (Wildman–Crippen MR) is 69.1 cm³/mol. The van der Waals surface area contributed by atoms with E-state index >= 15 is 0 Å². The van der Waals surface area contributed by atoms with E-state index in [1.165, 1.54) is 6.07 Å². The molecule has 0 radical (unpaired) electrons. The molecular formula is C13H17BrFNO. The minimum Gasteiger partial charge on any atom is -0.373 e. The third-order valence-electron chi connectivity index (χ3n) is 3.15. The van der Waals surface area contributed by atoms with Crippen LogP contribution in [0.5, 0.6) is 0 Å². The molecule has 1 aromatic rings. The molecule has 0 aromatic heterocycles. The second-order valence-corrected chi connectivity index (χ2v) is 5.51. The summed E-state index contributed by atoms with van der Waals surface area (Å²) in [6.07, 6.45) is 4.27. The molecule has 17 heavy (non-hydrogen) atoms. The summed E-state index contributed by atoms with van der Waals surface area (Å²) in [6.45, 7) is 0.322. The minimum atomic E-state index is -0.215. The first-order valence-corrected chi connectivity index (χ1v) is 6.75. The summed E-state index contributed by atoms with van der Waals surface area (Å²) in [6, 6.07) is 5.14. The zero-order valence-electron chi connectivity index (χ0n) is 9.66. The maximum atomic E-state index is 13.5. The lowest BCUT2D eigenvalue weighted by atomic mass is 9.93. The van der Waals surface area contributed by atoms with E-state index < -0.39 is 0 Å². The first kappa shape index (κ1) is 13.0. The van der Waals surface area contributed by atoms with Crippen LogP contribution in [-0.2, 0) is 11.3 Å². The Morgan fingerprint density at radius 3 is 3.00 bits per heavy atom. The van der Waals surface area contributed by atoms with Gasteiger partial charge in [-0.05, 0) is 43.9 Å². The highest BCUT2D eigenvalue weighted by atomic mass is 79.9. The fraction of sp³-hybridized carbons (Fsp3) is 0.538. The first-order chi connectivity index (χ1) is 8.15. The lowest BCUT2D eigenvalue weighted by Gasteiger charge is -2.26. The lowest BCUT2D eigenvalue weighted by molar-refractivity contribution is 0.0110. The van der Waals surface area contributed by atoms with Crippen LogP contribution in [-0.4, -0.2) is 12.1 Å². The zero-order valence-corrected chi connectivity index (χ0v) is 11.2. The van der Waals surface area contributed by atoms with Crippen LogP contribution >= 0.6 is 15.9 Å². The molecule has 0 bridgehead atoms. The molecule has 0 heterocycles. The van der Waals surface area contributed by atoms with Crippen LogP contribution in [0.3, 0.4) is 0 Å². The summed E-state index contributed by atoms with van der Waals surface area (Å²) in [5.74, 6) is -0.215. The second-order valence-electron chi connectivity index (χ2n) is 4.60. The maximum Gasteiger partial charge on any atom is 0.128 e. The van der Waals surface area contributed by atoms with E-state index in [0.717, 1.165) is 30.2 Å². The Morgan fingerprint density at radius 2 is 2.24 bits per heavy atom. The van der Waals surface area contributed by atoms with Crippen molar-refractivity contribution in [3.8, 4) is 0 Å². The van der Waals surface area contributed by atoms with Crippen LogP contribution in [0.1, 0.15) is 31.2 Å². The molecule has 0 amide bonds. The Kier molecular flexibility index (Phi) is 4.54. The van der Waals surface area contributed by atoms with Crippen LogP contribution in [0.2, 0.25) is 0 Å². The Morgan fingerprint density at radius 1 is 1.41 bits per heavy atom. The van der Waals surface area contributed by atoms with Gasteiger partial charge >= 0.3 is 0 Å². The highest BCUT2D eigenvalue weighted by molar-refractivity contribution is 9.10. The Bertz CT molecular complexity index is 386. The predicted octanol–water partition coefficient (Wildman–Crippen LogP) is 3.37. The summed E-state index contributed by atoms with van der Waals surface area (Å²) in [5.41, 5.74) is 6.48. The van der Waals surface area contributed by atoms with Gasteiger partial charge in [-0.1, -0.05) is 15.9 Å². The molecule has 1 fully saturated rings. The normalized spacial score (nSPS) is 24.9. The van der Waals surface area contributed by atoms with Crippen molar-refractivity contribution in [2.45, 2.75) is 44.4 Å². The van der Waals surface area contributed by atoms with Crippen molar-refractivity contribution in [1.29, 1.82) is 0 Å². The lowest BCUT2D eigenvalue weighted by Crippen LogP contribution is -2.32. The molecule has 1 aliphatic carbocycles. The third kappa shape index (κ3) is 3.76. The number of hydrogen-bond donors (Lipinski definition) is 1. The molecule has 2 nitrogen and oxygen atoms in total. The van der Waals surface area contributed by atoms with Gasteiger partial charge in [0, 0.05) is 16.1 Å². The van der Waals surface area contributed by atoms with E-state index in [2.05, 4.69) is 15.9 Å². The van der Waals surface area contributed by atoms with Gasteiger partial charge < -0.3 is 10.5 Å². The van der Waals surface area contributed by atoms with Gasteiger partial charge in [0.2, 0.25) is 0 Å².